The maximum atomic E-state index is 12.3. The Bertz CT molecular complexity index is 1010. The lowest BCUT2D eigenvalue weighted by Gasteiger charge is -2.18. The van der Waals surface area contributed by atoms with E-state index >= 15 is 0 Å². The molecular weight excluding hydrogens is 619 g/mol. The molecule has 0 aliphatic heterocycles. The van der Waals surface area contributed by atoms with E-state index in [0.29, 0.717) is 6.42 Å². The second kappa shape index (κ2) is 32.0. The molecule has 0 saturated heterocycles. The van der Waals surface area contributed by atoms with Gasteiger partial charge in [0.1, 0.15) is 6.61 Å². The average molecular weight is 681 g/mol. The van der Waals surface area contributed by atoms with Crippen LogP contribution >= 0.6 is 7.82 Å². The van der Waals surface area contributed by atoms with E-state index in [1.165, 1.54) is 38.2 Å². The zero-order chi connectivity index (χ0) is 34.9. The number of unbranched alkanes of at least 4 members (excludes halogenated alkanes) is 10. The molecule has 0 unspecified atom stereocenters. The minimum atomic E-state index is -4.82. The van der Waals surface area contributed by atoms with Crippen LogP contribution < -0.4 is 0 Å². The highest BCUT2D eigenvalue weighted by molar-refractivity contribution is 7.46. The smallest absolute Gasteiger partial charge is 0.462 e. The molecule has 0 saturated carbocycles. The Balaban J connectivity index is 4.26. The van der Waals surface area contributed by atoms with Gasteiger partial charge in [0, 0.05) is 19.3 Å². The van der Waals surface area contributed by atoms with Gasteiger partial charge >= 0.3 is 19.8 Å². The van der Waals surface area contributed by atoms with Gasteiger partial charge in [-0.05, 0) is 63.9 Å². The zero-order valence-electron chi connectivity index (χ0n) is 28.9. The molecule has 1 atom stereocenters. The summed E-state index contributed by atoms with van der Waals surface area (Å²) in [5.74, 6) is -1.30. The van der Waals surface area contributed by atoms with E-state index < -0.39 is 32.5 Å². The van der Waals surface area contributed by atoms with Crippen molar-refractivity contribution in [1.29, 1.82) is 0 Å². The summed E-state index contributed by atoms with van der Waals surface area (Å²) < 4.78 is 26.0. The zero-order valence-corrected chi connectivity index (χ0v) is 29.8. The SMILES string of the molecule is CCCC/C=C\CCCCCCCC(=O)OC[C@H](COP(=O)(O)O)OC(=O)CCCC(=O)/C=C/C=C\C/C=C\C/C=C\CCCCC. The van der Waals surface area contributed by atoms with Crippen molar-refractivity contribution >= 4 is 25.5 Å². The van der Waals surface area contributed by atoms with Crippen LogP contribution in [0.5, 0.6) is 0 Å². The Morgan fingerprint density at radius 2 is 1.19 bits per heavy atom. The molecule has 0 amide bonds. The molecule has 2 N–H and O–H groups in total. The van der Waals surface area contributed by atoms with E-state index in [0.717, 1.165) is 57.8 Å². The van der Waals surface area contributed by atoms with E-state index in [-0.39, 0.29) is 38.1 Å². The van der Waals surface area contributed by atoms with Gasteiger partial charge in [-0.25, -0.2) is 4.57 Å². The van der Waals surface area contributed by atoms with E-state index in [1.54, 1.807) is 12.2 Å². The summed E-state index contributed by atoms with van der Waals surface area (Å²) in [6.07, 6.45) is 35.3. The van der Waals surface area contributed by atoms with Gasteiger partial charge in [-0.2, -0.15) is 0 Å². The third-order valence-electron chi connectivity index (χ3n) is 6.99. The number of ketones is 1. The molecule has 0 aliphatic carbocycles. The summed E-state index contributed by atoms with van der Waals surface area (Å²) in [5.41, 5.74) is 0. The normalized spacial score (nSPS) is 13.1. The Morgan fingerprint density at radius 1 is 0.617 bits per heavy atom. The summed E-state index contributed by atoms with van der Waals surface area (Å²) in [5, 5.41) is 0. The van der Waals surface area contributed by atoms with Crippen molar-refractivity contribution in [2.45, 2.75) is 142 Å². The first kappa shape index (κ1) is 44.4. The largest absolute Gasteiger partial charge is 0.469 e. The predicted octanol–water partition coefficient (Wildman–Crippen LogP) is 9.35. The van der Waals surface area contributed by atoms with Crippen molar-refractivity contribution in [3.63, 3.8) is 0 Å². The van der Waals surface area contributed by atoms with Gasteiger partial charge in [0.25, 0.3) is 0 Å². The number of allylic oxidation sites excluding steroid dienone is 10. The standard InChI is InChI=1S/C37H61O9P/c1-3-5-7-9-11-13-15-16-18-19-21-23-25-28-34(38)29-27-31-37(40)46-35(33-45-47(41,42)43)32-44-36(39)30-26-24-22-20-17-14-12-10-8-6-4-2/h10-13,16,18,21,23,25,28,35H,3-9,14-15,17,19-20,22,24,26-27,29-33H2,1-2H3,(H2,41,42,43)/b12-10-,13-11-,18-16-,23-21-,28-25+/t35-/m1/s1. The van der Waals surface area contributed by atoms with E-state index in [4.69, 9.17) is 19.3 Å². The van der Waals surface area contributed by atoms with E-state index in [1.807, 2.05) is 6.08 Å². The Morgan fingerprint density at radius 3 is 1.89 bits per heavy atom. The number of carbonyl (C=O) groups excluding carboxylic acids is 3. The quantitative estimate of drug-likeness (QED) is 0.0183. The van der Waals surface area contributed by atoms with Gasteiger partial charge in [-0.1, -0.05) is 113 Å². The molecule has 0 rings (SSSR count). The predicted molar refractivity (Wildman–Crippen MR) is 189 cm³/mol. The number of phosphoric ester groups is 1. The number of hydrogen-bond acceptors (Lipinski definition) is 7. The van der Waals surface area contributed by atoms with Crippen molar-refractivity contribution in [2.24, 2.45) is 0 Å². The first-order valence-electron chi connectivity index (χ1n) is 17.5. The van der Waals surface area contributed by atoms with Crippen molar-refractivity contribution in [3.05, 3.63) is 60.8 Å². The van der Waals surface area contributed by atoms with Crippen LogP contribution in [0.3, 0.4) is 0 Å². The van der Waals surface area contributed by atoms with Crippen LogP contribution in [0.1, 0.15) is 136 Å². The van der Waals surface area contributed by atoms with E-state index in [9.17, 15) is 18.9 Å². The van der Waals surface area contributed by atoms with Crippen LogP contribution in [0.4, 0.5) is 0 Å². The van der Waals surface area contributed by atoms with Gasteiger partial charge < -0.3 is 19.3 Å². The minimum Gasteiger partial charge on any atom is -0.462 e. The monoisotopic (exact) mass is 680 g/mol. The first-order valence-corrected chi connectivity index (χ1v) is 19.1. The minimum absolute atomic E-state index is 0.0812. The molecular formula is C37H61O9P. The van der Waals surface area contributed by atoms with Gasteiger partial charge in [-0.15, -0.1) is 0 Å². The van der Waals surface area contributed by atoms with Gasteiger partial charge in [0.05, 0.1) is 6.61 Å². The molecule has 10 heteroatoms. The van der Waals surface area contributed by atoms with Crippen LogP contribution in [0.15, 0.2) is 60.8 Å². The van der Waals surface area contributed by atoms with Crippen molar-refractivity contribution in [3.8, 4) is 0 Å². The Hall–Kier alpha value is -2.58. The third-order valence-corrected chi connectivity index (χ3v) is 7.47. The lowest BCUT2D eigenvalue weighted by atomic mass is 10.1. The molecule has 0 radical (unpaired) electrons. The number of carbonyl (C=O) groups is 3. The molecule has 0 aromatic rings. The van der Waals surface area contributed by atoms with Crippen LogP contribution in [0.25, 0.3) is 0 Å². The number of esters is 2. The molecule has 0 heterocycles. The fourth-order valence-electron chi connectivity index (χ4n) is 4.30. The highest BCUT2D eigenvalue weighted by Gasteiger charge is 2.23. The molecule has 0 bridgehead atoms. The molecule has 9 nitrogen and oxygen atoms in total. The number of hydrogen-bond donors (Lipinski definition) is 2. The number of ether oxygens (including phenoxy) is 2. The maximum Gasteiger partial charge on any atom is 0.469 e. The topological polar surface area (TPSA) is 136 Å². The molecule has 0 aromatic heterocycles. The molecule has 0 aliphatic rings. The highest BCUT2D eigenvalue weighted by atomic mass is 31.2. The fourth-order valence-corrected chi connectivity index (χ4v) is 4.67. The number of phosphoric acid groups is 1. The van der Waals surface area contributed by atoms with Crippen LogP contribution in [0, 0.1) is 0 Å². The van der Waals surface area contributed by atoms with Crippen molar-refractivity contribution in [2.75, 3.05) is 13.2 Å². The summed E-state index contributed by atoms with van der Waals surface area (Å²) in [7, 11) is -4.82. The fraction of sp³-hybridized carbons (Fsp3) is 0.649. The lowest BCUT2D eigenvalue weighted by Crippen LogP contribution is -2.29. The molecule has 0 fully saturated rings. The summed E-state index contributed by atoms with van der Waals surface area (Å²) in [6.45, 7) is 3.37. The number of rotatable bonds is 31. The molecule has 0 spiro atoms. The van der Waals surface area contributed by atoms with E-state index in [2.05, 4.69) is 54.8 Å². The summed E-state index contributed by atoms with van der Waals surface area (Å²) >= 11 is 0. The van der Waals surface area contributed by atoms with Crippen molar-refractivity contribution < 1.29 is 42.7 Å². The average Bonchev–Trinajstić information content (AvgIpc) is 3.03. The van der Waals surface area contributed by atoms with Crippen LogP contribution in [0.2, 0.25) is 0 Å². The first-order chi connectivity index (χ1) is 22.7. The van der Waals surface area contributed by atoms with Crippen LogP contribution in [-0.4, -0.2) is 46.8 Å². The Labute approximate surface area is 283 Å². The summed E-state index contributed by atoms with van der Waals surface area (Å²) in [4.78, 5) is 54.6. The van der Waals surface area contributed by atoms with Gasteiger partial charge in [-0.3, -0.25) is 18.9 Å². The summed E-state index contributed by atoms with van der Waals surface area (Å²) in [6, 6.07) is 0. The maximum absolute atomic E-state index is 12.3. The third kappa shape index (κ3) is 34.6. The Kier molecular flexibility index (Phi) is 30.2. The second-order valence-corrected chi connectivity index (χ2v) is 12.8. The molecule has 268 valence electrons. The van der Waals surface area contributed by atoms with Crippen LogP contribution in [-0.2, 0) is 32.9 Å². The van der Waals surface area contributed by atoms with Crippen molar-refractivity contribution in [1.82, 2.24) is 0 Å². The molecule has 0 aromatic carbocycles. The lowest BCUT2D eigenvalue weighted by molar-refractivity contribution is -0.161. The highest BCUT2D eigenvalue weighted by Crippen LogP contribution is 2.35. The second-order valence-electron chi connectivity index (χ2n) is 11.5. The van der Waals surface area contributed by atoms with Gasteiger partial charge in [0.15, 0.2) is 11.9 Å². The van der Waals surface area contributed by atoms with Gasteiger partial charge in [0.2, 0.25) is 0 Å². The molecule has 47 heavy (non-hydrogen) atoms.